The highest BCUT2D eigenvalue weighted by Crippen LogP contribution is 2.30. The van der Waals surface area contributed by atoms with Crippen LogP contribution >= 0.6 is 11.3 Å². The third-order valence-electron chi connectivity index (χ3n) is 6.20. The van der Waals surface area contributed by atoms with E-state index in [9.17, 15) is 13.2 Å². The van der Waals surface area contributed by atoms with Crippen LogP contribution in [0, 0.1) is 18.8 Å². The lowest BCUT2D eigenvalue weighted by Crippen LogP contribution is -2.48. The Bertz CT molecular complexity index is 1040. The minimum Gasteiger partial charge on any atom is -0.355 e. The molecular formula is C22H29N3O4S2. The predicted molar refractivity (Wildman–Crippen MR) is 121 cm³/mol. The van der Waals surface area contributed by atoms with E-state index in [4.69, 9.17) is 4.52 Å². The fraction of sp³-hybridized carbons (Fsp3) is 0.545. The Kier molecular flexibility index (Phi) is 6.64. The Hall–Kier alpha value is -1.97. The Morgan fingerprint density at radius 1 is 1.23 bits per heavy atom. The van der Waals surface area contributed by atoms with Gasteiger partial charge in [-0.25, -0.2) is 8.42 Å². The van der Waals surface area contributed by atoms with E-state index in [0.717, 1.165) is 37.2 Å². The summed E-state index contributed by atoms with van der Waals surface area (Å²) in [7, 11) is -3.82. The SMILES string of the molecule is Cc1noc(/C=C/c2cccs2)c1S(=O)(=O)N1CCC[C@H](C(=O)N2CCC(C)CC2)C1. The largest absolute Gasteiger partial charge is 0.355 e. The minimum absolute atomic E-state index is 0.0895. The highest BCUT2D eigenvalue weighted by atomic mass is 32.2. The van der Waals surface area contributed by atoms with Crippen molar-refractivity contribution >= 4 is 39.4 Å². The topological polar surface area (TPSA) is 83.7 Å². The number of thiophene rings is 1. The summed E-state index contributed by atoms with van der Waals surface area (Å²) in [5.74, 6) is 0.669. The fourth-order valence-electron chi connectivity index (χ4n) is 4.32. The molecule has 7 nitrogen and oxygen atoms in total. The second-order valence-corrected chi connectivity index (χ2v) is 11.4. The number of likely N-dealkylation sites (tertiary alicyclic amines) is 1. The third kappa shape index (κ3) is 4.78. The minimum atomic E-state index is -3.82. The van der Waals surface area contributed by atoms with Gasteiger partial charge < -0.3 is 9.42 Å². The molecule has 0 radical (unpaired) electrons. The van der Waals surface area contributed by atoms with E-state index < -0.39 is 10.0 Å². The van der Waals surface area contributed by atoms with Crippen LogP contribution in [0.1, 0.15) is 48.9 Å². The molecule has 0 aliphatic carbocycles. The maximum Gasteiger partial charge on any atom is 0.248 e. The summed E-state index contributed by atoms with van der Waals surface area (Å²) in [5, 5.41) is 5.86. The zero-order valence-electron chi connectivity index (χ0n) is 18.0. The predicted octanol–water partition coefficient (Wildman–Crippen LogP) is 3.87. The molecular weight excluding hydrogens is 434 g/mol. The molecule has 0 aromatic carbocycles. The van der Waals surface area contributed by atoms with Gasteiger partial charge in [0.1, 0.15) is 5.69 Å². The van der Waals surface area contributed by atoms with E-state index >= 15 is 0 Å². The Morgan fingerprint density at radius 2 is 2.00 bits per heavy atom. The first-order chi connectivity index (χ1) is 14.9. The molecule has 2 aromatic rings. The first-order valence-electron chi connectivity index (χ1n) is 10.8. The van der Waals surface area contributed by atoms with E-state index in [1.165, 1.54) is 4.31 Å². The molecule has 4 rings (SSSR count). The second kappa shape index (κ2) is 9.26. The summed E-state index contributed by atoms with van der Waals surface area (Å²) in [6, 6.07) is 3.88. The van der Waals surface area contributed by atoms with Crippen molar-refractivity contribution in [1.82, 2.24) is 14.4 Å². The molecule has 31 heavy (non-hydrogen) atoms. The van der Waals surface area contributed by atoms with Crippen LogP contribution in [0.25, 0.3) is 12.2 Å². The number of aryl methyl sites for hydroxylation is 1. The van der Waals surface area contributed by atoms with Crippen molar-refractivity contribution in [2.75, 3.05) is 26.2 Å². The van der Waals surface area contributed by atoms with Crippen LogP contribution in [-0.4, -0.2) is 54.9 Å². The molecule has 168 valence electrons. The number of rotatable bonds is 5. The van der Waals surface area contributed by atoms with Gasteiger partial charge in [0.2, 0.25) is 15.9 Å². The lowest BCUT2D eigenvalue weighted by atomic mass is 9.94. The monoisotopic (exact) mass is 463 g/mol. The molecule has 2 aromatic heterocycles. The smallest absolute Gasteiger partial charge is 0.248 e. The van der Waals surface area contributed by atoms with Gasteiger partial charge in [-0.2, -0.15) is 4.31 Å². The fourth-order valence-corrected chi connectivity index (χ4v) is 6.71. The Balaban J connectivity index is 1.52. The molecule has 2 fully saturated rings. The standard InChI is InChI=1S/C22H29N3O4S2/c1-16-9-12-24(13-10-16)22(26)18-5-3-11-25(15-18)31(27,28)21-17(2)23-29-20(21)8-7-19-6-4-14-30-19/h4,6-8,14,16,18H,3,5,9-13,15H2,1-2H3/b8-7+/t18-/m0/s1. The van der Waals surface area contributed by atoms with E-state index in [1.807, 2.05) is 28.5 Å². The summed E-state index contributed by atoms with van der Waals surface area (Å²) in [6.45, 7) is 6.01. The zero-order chi connectivity index (χ0) is 22.0. The molecule has 2 aliphatic heterocycles. The number of hydrogen-bond donors (Lipinski definition) is 0. The highest BCUT2D eigenvalue weighted by Gasteiger charge is 2.38. The summed E-state index contributed by atoms with van der Waals surface area (Å²) < 4.78 is 33.8. The lowest BCUT2D eigenvalue weighted by Gasteiger charge is -2.36. The van der Waals surface area contributed by atoms with Gasteiger partial charge >= 0.3 is 0 Å². The van der Waals surface area contributed by atoms with Crippen LogP contribution in [0.2, 0.25) is 0 Å². The number of piperidine rings is 2. The normalized spacial score (nSPS) is 21.7. The van der Waals surface area contributed by atoms with Crippen LogP contribution in [0.5, 0.6) is 0 Å². The number of nitrogens with zero attached hydrogens (tertiary/aromatic N) is 3. The molecule has 2 saturated heterocycles. The van der Waals surface area contributed by atoms with E-state index in [1.54, 1.807) is 24.3 Å². The molecule has 1 atom stereocenters. The highest BCUT2D eigenvalue weighted by molar-refractivity contribution is 7.89. The molecule has 1 amide bonds. The first kappa shape index (κ1) is 22.2. The van der Waals surface area contributed by atoms with E-state index in [0.29, 0.717) is 24.6 Å². The van der Waals surface area contributed by atoms with Gasteiger partial charge in [0.05, 0.1) is 5.92 Å². The first-order valence-corrected chi connectivity index (χ1v) is 13.1. The number of sulfonamides is 1. The maximum atomic E-state index is 13.5. The summed E-state index contributed by atoms with van der Waals surface area (Å²) >= 11 is 1.56. The number of amides is 1. The van der Waals surface area contributed by atoms with Gasteiger partial charge in [0, 0.05) is 31.1 Å². The summed E-state index contributed by atoms with van der Waals surface area (Å²) in [6.07, 6.45) is 6.90. The summed E-state index contributed by atoms with van der Waals surface area (Å²) in [5.41, 5.74) is 0.337. The van der Waals surface area contributed by atoms with Crippen molar-refractivity contribution in [2.45, 2.75) is 44.4 Å². The van der Waals surface area contributed by atoms with Crippen LogP contribution in [0.4, 0.5) is 0 Å². The van der Waals surface area contributed by atoms with Crippen LogP contribution in [0.3, 0.4) is 0 Å². The van der Waals surface area contributed by atoms with Crippen molar-refractivity contribution in [3.8, 4) is 0 Å². The van der Waals surface area contributed by atoms with Crippen molar-refractivity contribution in [3.05, 3.63) is 33.8 Å². The van der Waals surface area contributed by atoms with E-state index in [2.05, 4.69) is 12.1 Å². The lowest BCUT2D eigenvalue weighted by molar-refractivity contribution is -0.138. The number of hydrogen-bond acceptors (Lipinski definition) is 6. The van der Waals surface area contributed by atoms with Crippen molar-refractivity contribution in [3.63, 3.8) is 0 Å². The maximum absolute atomic E-state index is 13.5. The van der Waals surface area contributed by atoms with Gasteiger partial charge in [0.25, 0.3) is 0 Å². The van der Waals surface area contributed by atoms with Crippen molar-refractivity contribution in [2.24, 2.45) is 11.8 Å². The Labute approximate surface area is 187 Å². The summed E-state index contributed by atoms with van der Waals surface area (Å²) in [4.78, 5) is 16.1. The van der Waals surface area contributed by atoms with Gasteiger partial charge in [0.15, 0.2) is 10.7 Å². The average Bonchev–Trinajstić information content (AvgIpc) is 3.42. The van der Waals surface area contributed by atoms with Gasteiger partial charge in [-0.15, -0.1) is 11.3 Å². The van der Waals surface area contributed by atoms with Crippen molar-refractivity contribution in [1.29, 1.82) is 0 Å². The number of carbonyl (C=O) groups is 1. The number of carbonyl (C=O) groups excluding carboxylic acids is 1. The van der Waals surface area contributed by atoms with E-state index in [-0.39, 0.29) is 29.0 Å². The van der Waals surface area contributed by atoms with Crippen molar-refractivity contribution < 1.29 is 17.7 Å². The molecule has 9 heteroatoms. The van der Waals surface area contributed by atoms with Crippen LogP contribution in [0.15, 0.2) is 26.9 Å². The molecule has 0 N–H and O–H groups in total. The quantitative estimate of drug-likeness (QED) is 0.672. The zero-order valence-corrected chi connectivity index (χ0v) is 19.6. The van der Waals surface area contributed by atoms with Gasteiger partial charge in [-0.05, 0) is 62.1 Å². The molecule has 0 unspecified atom stereocenters. The molecule has 2 aliphatic rings. The molecule has 0 bridgehead atoms. The molecule has 4 heterocycles. The number of aromatic nitrogens is 1. The average molecular weight is 464 g/mol. The molecule has 0 saturated carbocycles. The second-order valence-electron chi connectivity index (χ2n) is 8.52. The van der Waals surface area contributed by atoms with Crippen LogP contribution in [-0.2, 0) is 14.8 Å². The molecule has 0 spiro atoms. The third-order valence-corrected chi connectivity index (χ3v) is 9.06. The van der Waals surface area contributed by atoms with Crippen LogP contribution < -0.4 is 0 Å². The Morgan fingerprint density at radius 3 is 2.71 bits per heavy atom. The van der Waals surface area contributed by atoms with Gasteiger partial charge in [-0.3, -0.25) is 4.79 Å². The van der Waals surface area contributed by atoms with Gasteiger partial charge in [-0.1, -0.05) is 18.1 Å².